The summed E-state index contributed by atoms with van der Waals surface area (Å²) in [5.41, 5.74) is 5.92. The molecule has 0 aliphatic carbocycles. The molecule has 2 N–H and O–H groups in total. The third-order valence-electron chi connectivity index (χ3n) is 4.31. The summed E-state index contributed by atoms with van der Waals surface area (Å²) in [4.78, 5) is 0. The Morgan fingerprint density at radius 3 is 2.16 bits per heavy atom. The van der Waals surface area contributed by atoms with Crippen molar-refractivity contribution in [3.63, 3.8) is 0 Å². The summed E-state index contributed by atoms with van der Waals surface area (Å²) < 4.78 is 28.9. The fourth-order valence-corrected chi connectivity index (χ4v) is 5.53. The summed E-state index contributed by atoms with van der Waals surface area (Å²) >= 11 is 0. The Labute approximate surface area is 117 Å². The Hall–Kier alpha value is -0.170. The van der Waals surface area contributed by atoms with Gasteiger partial charge in [0.15, 0.2) is 0 Å². The smallest absolute Gasteiger partial charge is 0.282 e. The molecule has 0 aromatic heterocycles. The molecule has 2 saturated heterocycles. The lowest BCUT2D eigenvalue weighted by atomic mass is 9.94. The van der Waals surface area contributed by atoms with E-state index in [-0.39, 0.29) is 12.1 Å². The molecule has 2 aliphatic heterocycles. The highest BCUT2D eigenvalue weighted by Gasteiger charge is 2.38. The first-order chi connectivity index (χ1) is 8.80. The predicted octanol–water partition coefficient (Wildman–Crippen LogP) is 1.02. The van der Waals surface area contributed by atoms with Crippen molar-refractivity contribution in [3.05, 3.63) is 0 Å². The van der Waals surface area contributed by atoms with Crippen LogP contribution in [0.1, 0.15) is 40.0 Å². The number of hydrogen-bond donors (Lipinski definition) is 1. The standard InChI is InChI=1S/C13H27N3O2S/c1-10-6-11(2)9-15(8-10)19(17,18)16-5-4-13(14)7-12(16)3/h10-13H,4-9,14H2,1-3H3/t10-,11+,12-,13-/m0/s1. The SMILES string of the molecule is C[C@@H]1C[C@H](C)CN(S(=O)(=O)N2CC[C@H](N)C[C@@H]2C)C1. The van der Waals surface area contributed by atoms with E-state index in [1.54, 1.807) is 8.61 Å². The minimum absolute atomic E-state index is 0.0151. The van der Waals surface area contributed by atoms with E-state index in [9.17, 15) is 8.42 Å². The molecule has 0 amide bonds. The van der Waals surface area contributed by atoms with Gasteiger partial charge in [-0.05, 0) is 38.0 Å². The average Bonchev–Trinajstić information content (AvgIpc) is 2.26. The normalized spacial score (nSPS) is 39.4. The summed E-state index contributed by atoms with van der Waals surface area (Å²) in [5.74, 6) is 0.891. The molecule has 5 nitrogen and oxygen atoms in total. The monoisotopic (exact) mass is 289 g/mol. The van der Waals surface area contributed by atoms with Crippen LogP contribution in [0.2, 0.25) is 0 Å². The van der Waals surface area contributed by atoms with Crippen LogP contribution in [0.5, 0.6) is 0 Å². The molecule has 19 heavy (non-hydrogen) atoms. The zero-order valence-electron chi connectivity index (χ0n) is 12.2. The third kappa shape index (κ3) is 3.29. The van der Waals surface area contributed by atoms with Crippen molar-refractivity contribution in [2.75, 3.05) is 19.6 Å². The lowest BCUT2D eigenvalue weighted by molar-refractivity contribution is 0.185. The molecule has 0 spiro atoms. The molecule has 2 fully saturated rings. The first-order valence-electron chi connectivity index (χ1n) is 7.33. The van der Waals surface area contributed by atoms with E-state index in [2.05, 4.69) is 13.8 Å². The van der Waals surface area contributed by atoms with E-state index in [1.165, 1.54) is 0 Å². The van der Waals surface area contributed by atoms with Crippen LogP contribution in [0.3, 0.4) is 0 Å². The van der Waals surface area contributed by atoms with E-state index in [4.69, 9.17) is 5.73 Å². The number of piperidine rings is 2. The Kier molecular flexibility index (Phi) is 4.55. The van der Waals surface area contributed by atoms with Crippen LogP contribution in [-0.2, 0) is 10.2 Å². The number of rotatable bonds is 2. The van der Waals surface area contributed by atoms with Gasteiger partial charge in [0, 0.05) is 31.7 Å². The predicted molar refractivity (Wildman–Crippen MR) is 76.8 cm³/mol. The van der Waals surface area contributed by atoms with Gasteiger partial charge in [-0.25, -0.2) is 0 Å². The Balaban J connectivity index is 2.13. The fraction of sp³-hybridized carbons (Fsp3) is 1.00. The summed E-state index contributed by atoms with van der Waals surface area (Å²) in [5, 5.41) is 0. The second-order valence-corrected chi connectivity index (χ2v) is 8.40. The van der Waals surface area contributed by atoms with Crippen LogP contribution in [-0.4, -0.2) is 48.7 Å². The van der Waals surface area contributed by atoms with E-state index in [0.717, 1.165) is 19.3 Å². The van der Waals surface area contributed by atoms with Gasteiger partial charge in [0.05, 0.1) is 0 Å². The van der Waals surface area contributed by atoms with Crippen molar-refractivity contribution in [3.8, 4) is 0 Å². The molecule has 112 valence electrons. The van der Waals surface area contributed by atoms with Gasteiger partial charge < -0.3 is 5.73 Å². The molecule has 0 aromatic carbocycles. The Morgan fingerprint density at radius 2 is 1.63 bits per heavy atom. The second kappa shape index (κ2) is 5.68. The molecule has 6 heteroatoms. The largest absolute Gasteiger partial charge is 0.328 e. The molecule has 2 aliphatic rings. The molecule has 0 unspecified atom stereocenters. The molecule has 2 heterocycles. The lowest BCUT2D eigenvalue weighted by Gasteiger charge is -2.41. The number of nitrogens with two attached hydrogens (primary N) is 1. The van der Waals surface area contributed by atoms with E-state index < -0.39 is 10.2 Å². The molecule has 0 bridgehead atoms. The van der Waals surface area contributed by atoms with Crippen molar-refractivity contribution >= 4 is 10.2 Å². The van der Waals surface area contributed by atoms with Gasteiger partial charge >= 0.3 is 0 Å². The van der Waals surface area contributed by atoms with Gasteiger partial charge in [0.25, 0.3) is 10.2 Å². The lowest BCUT2D eigenvalue weighted by Crippen LogP contribution is -2.55. The molecule has 4 atom stereocenters. The van der Waals surface area contributed by atoms with Gasteiger partial charge in [0.1, 0.15) is 0 Å². The van der Waals surface area contributed by atoms with E-state index in [0.29, 0.717) is 31.5 Å². The van der Waals surface area contributed by atoms with Gasteiger partial charge in [-0.2, -0.15) is 17.0 Å². The van der Waals surface area contributed by atoms with E-state index in [1.807, 2.05) is 6.92 Å². The summed E-state index contributed by atoms with van der Waals surface area (Å²) in [6, 6.07) is 0.155. The zero-order valence-corrected chi connectivity index (χ0v) is 13.1. The van der Waals surface area contributed by atoms with Gasteiger partial charge in [0.2, 0.25) is 0 Å². The van der Waals surface area contributed by atoms with Crippen molar-refractivity contribution < 1.29 is 8.42 Å². The topological polar surface area (TPSA) is 66.6 Å². The zero-order chi connectivity index (χ0) is 14.2. The van der Waals surface area contributed by atoms with Crippen LogP contribution < -0.4 is 5.73 Å². The van der Waals surface area contributed by atoms with Crippen LogP contribution in [0.15, 0.2) is 0 Å². The number of hydrogen-bond acceptors (Lipinski definition) is 3. The fourth-order valence-electron chi connectivity index (χ4n) is 3.47. The van der Waals surface area contributed by atoms with Crippen molar-refractivity contribution in [2.24, 2.45) is 17.6 Å². The van der Waals surface area contributed by atoms with Gasteiger partial charge in [-0.15, -0.1) is 0 Å². The third-order valence-corrected chi connectivity index (χ3v) is 6.40. The highest BCUT2D eigenvalue weighted by Crippen LogP contribution is 2.27. The Morgan fingerprint density at radius 1 is 1.05 bits per heavy atom. The highest BCUT2D eigenvalue weighted by atomic mass is 32.2. The maximum Gasteiger partial charge on any atom is 0.282 e. The van der Waals surface area contributed by atoms with Gasteiger partial charge in [-0.1, -0.05) is 13.8 Å². The van der Waals surface area contributed by atoms with Crippen LogP contribution in [0, 0.1) is 11.8 Å². The van der Waals surface area contributed by atoms with Crippen LogP contribution in [0.25, 0.3) is 0 Å². The maximum atomic E-state index is 12.8. The van der Waals surface area contributed by atoms with Crippen LogP contribution >= 0.6 is 0 Å². The van der Waals surface area contributed by atoms with Gasteiger partial charge in [-0.3, -0.25) is 0 Å². The summed E-state index contributed by atoms with van der Waals surface area (Å²) in [6.07, 6.45) is 2.65. The summed E-state index contributed by atoms with van der Waals surface area (Å²) in [7, 11) is -3.31. The van der Waals surface area contributed by atoms with Crippen molar-refractivity contribution in [1.82, 2.24) is 8.61 Å². The molecular formula is C13H27N3O2S. The molecule has 0 saturated carbocycles. The first-order valence-corrected chi connectivity index (χ1v) is 8.73. The van der Waals surface area contributed by atoms with E-state index >= 15 is 0 Å². The first kappa shape index (κ1) is 15.2. The molecule has 0 aromatic rings. The molecular weight excluding hydrogens is 262 g/mol. The quantitative estimate of drug-likeness (QED) is 0.825. The van der Waals surface area contributed by atoms with Crippen molar-refractivity contribution in [2.45, 2.75) is 52.1 Å². The molecule has 2 rings (SSSR count). The summed E-state index contributed by atoms with van der Waals surface area (Å²) in [6.45, 7) is 8.10. The van der Waals surface area contributed by atoms with Crippen molar-refractivity contribution in [1.29, 1.82) is 0 Å². The minimum atomic E-state index is -3.31. The average molecular weight is 289 g/mol. The maximum absolute atomic E-state index is 12.8. The molecule has 0 radical (unpaired) electrons. The highest BCUT2D eigenvalue weighted by molar-refractivity contribution is 7.86. The van der Waals surface area contributed by atoms with Crippen LogP contribution in [0.4, 0.5) is 0 Å². The minimum Gasteiger partial charge on any atom is -0.328 e. The number of nitrogens with zero attached hydrogens (tertiary/aromatic N) is 2. The second-order valence-electron chi connectivity index (χ2n) is 6.52. The Bertz CT molecular complexity index is 402.